The van der Waals surface area contributed by atoms with Gasteiger partial charge in [-0.05, 0) is 61.9 Å². The number of benzene rings is 1. The standard InChI is InChI=1S/C22H25N5O2S/c1-12-4-6-18(15-5-7-19-17(9-15)25-14(3)30-19)27(11-12)22(29)21(28)26-16-8-13(2)20(23)24-10-16/h5,7-10,12,18H,4,6,11H2,1-3H3,(H2,23,24)(H,26,28)/t12-,18+/m0/s1. The first-order valence-electron chi connectivity index (χ1n) is 10.0. The number of thiazole rings is 1. The van der Waals surface area contributed by atoms with Crippen LogP contribution in [0.15, 0.2) is 30.5 Å². The van der Waals surface area contributed by atoms with Crippen LogP contribution in [0.4, 0.5) is 11.5 Å². The van der Waals surface area contributed by atoms with Gasteiger partial charge in [0.15, 0.2) is 0 Å². The zero-order valence-electron chi connectivity index (χ0n) is 17.3. The fraction of sp³-hybridized carbons (Fsp3) is 0.364. The maximum atomic E-state index is 13.1. The van der Waals surface area contributed by atoms with Crippen LogP contribution >= 0.6 is 11.3 Å². The molecule has 3 N–H and O–H groups in total. The fourth-order valence-corrected chi connectivity index (χ4v) is 4.77. The van der Waals surface area contributed by atoms with Crippen molar-refractivity contribution in [3.63, 3.8) is 0 Å². The second-order valence-corrected chi connectivity index (χ2v) is 9.23. The number of aryl methyl sites for hydroxylation is 2. The van der Waals surface area contributed by atoms with Crippen LogP contribution in [0.5, 0.6) is 0 Å². The molecule has 30 heavy (non-hydrogen) atoms. The zero-order chi connectivity index (χ0) is 21.4. The number of rotatable bonds is 2. The minimum atomic E-state index is -0.661. The average molecular weight is 424 g/mol. The molecule has 3 aromatic rings. The van der Waals surface area contributed by atoms with E-state index in [1.165, 1.54) is 6.20 Å². The Morgan fingerprint density at radius 3 is 2.80 bits per heavy atom. The van der Waals surface area contributed by atoms with Gasteiger partial charge in [0.05, 0.1) is 33.2 Å². The van der Waals surface area contributed by atoms with Crippen molar-refractivity contribution >= 4 is 44.9 Å². The molecule has 0 unspecified atom stereocenters. The fourth-order valence-electron chi connectivity index (χ4n) is 3.96. The van der Waals surface area contributed by atoms with E-state index in [4.69, 9.17) is 5.73 Å². The van der Waals surface area contributed by atoms with Gasteiger partial charge in [0.1, 0.15) is 5.82 Å². The first-order chi connectivity index (χ1) is 14.3. The van der Waals surface area contributed by atoms with Crippen LogP contribution in [0.3, 0.4) is 0 Å². The van der Waals surface area contributed by atoms with Gasteiger partial charge in [-0.2, -0.15) is 0 Å². The predicted octanol–water partition coefficient (Wildman–Crippen LogP) is 3.83. The number of nitrogens with one attached hydrogen (secondary N) is 1. The van der Waals surface area contributed by atoms with Crippen LogP contribution in [0, 0.1) is 19.8 Å². The van der Waals surface area contributed by atoms with Crippen molar-refractivity contribution in [2.45, 2.75) is 39.7 Å². The summed E-state index contributed by atoms with van der Waals surface area (Å²) in [6.07, 6.45) is 3.28. The van der Waals surface area contributed by atoms with Crippen LogP contribution in [-0.2, 0) is 9.59 Å². The number of nitrogens with zero attached hydrogens (tertiary/aromatic N) is 3. The number of aromatic nitrogens is 2. The molecule has 7 nitrogen and oxygen atoms in total. The Labute approximate surface area is 179 Å². The molecule has 1 saturated heterocycles. The van der Waals surface area contributed by atoms with Crippen molar-refractivity contribution in [1.29, 1.82) is 0 Å². The van der Waals surface area contributed by atoms with Crippen molar-refractivity contribution in [1.82, 2.24) is 14.9 Å². The highest BCUT2D eigenvalue weighted by atomic mass is 32.1. The van der Waals surface area contributed by atoms with Crippen molar-refractivity contribution in [3.05, 3.63) is 46.6 Å². The lowest BCUT2D eigenvalue weighted by molar-refractivity contribution is -0.146. The number of likely N-dealkylation sites (tertiary alicyclic amines) is 1. The molecule has 2 atom stereocenters. The molecule has 4 rings (SSSR count). The molecule has 1 aliphatic rings. The van der Waals surface area contributed by atoms with Crippen LogP contribution in [0.1, 0.15) is 41.9 Å². The second-order valence-electron chi connectivity index (χ2n) is 8.00. The van der Waals surface area contributed by atoms with Gasteiger partial charge in [-0.15, -0.1) is 11.3 Å². The van der Waals surface area contributed by atoms with E-state index in [0.717, 1.165) is 39.2 Å². The normalized spacial score (nSPS) is 19.1. The average Bonchev–Trinajstić information content (AvgIpc) is 3.09. The first-order valence-corrected chi connectivity index (χ1v) is 10.8. The highest BCUT2D eigenvalue weighted by molar-refractivity contribution is 7.18. The zero-order valence-corrected chi connectivity index (χ0v) is 18.1. The first kappa shape index (κ1) is 20.3. The number of nitrogen functional groups attached to an aromatic ring is 1. The van der Waals surface area contributed by atoms with E-state index in [1.807, 2.05) is 19.1 Å². The van der Waals surface area contributed by atoms with E-state index < -0.39 is 11.8 Å². The minimum absolute atomic E-state index is 0.142. The number of fused-ring (bicyclic) bond motifs is 1. The third-order valence-electron chi connectivity index (χ3n) is 5.55. The monoisotopic (exact) mass is 423 g/mol. The summed E-state index contributed by atoms with van der Waals surface area (Å²) in [5.41, 5.74) is 8.90. The van der Waals surface area contributed by atoms with Crippen molar-refractivity contribution in [2.24, 2.45) is 5.92 Å². The van der Waals surface area contributed by atoms with Crippen molar-refractivity contribution in [3.8, 4) is 0 Å². The van der Waals surface area contributed by atoms with Gasteiger partial charge in [0.2, 0.25) is 0 Å². The molecule has 3 heterocycles. The summed E-state index contributed by atoms with van der Waals surface area (Å²) < 4.78 is 1.13. The summed E-state index contributed by atoms with van der Waals surface area (Å²) in [6, 6.07) is 7.72. The summed E-state index contributed by atoms with van der Waals surface area (Å²) in [4.78, 5) is 36.2. The maximum absolute atomic E-state index is 13.1. The molecule has 2 amide bonds. The molecule has 8 heteroatoms. The largest absolute Gasteiger partial charge is 0.383 e. The van der Waals surface area contributed by atoms with E-state index in [0.29, 0.717) is 24.0 Å². The highest BCUT2D eigenvalue weighted by Gasteiger charge is 2.34. The van der Waals surface area contributed by atoms with Gasteiger partial charge < -0.3 is 16.0 Å². The molecule has 156 valence electrons. The molecule has 1 aromatic carbocycles. The van der Waals surface area contributed by atoms with Gasteiger partial charge in [0.25, 0.3) is 0 Å². The van der Waals surface area contributed by atoms with Crippen LogP contribution in [0.25, 0.3) is 10.2 Å². The van der Waals surface area contributed by atoms with Gasteiger partial charge >= 0.3 is 11.8 Å². The third-order valence-corrected chi connectivity index (χ3v) is 6.50. The Balaban J connectivity index is 1.58. The lowest BCUT2D eigenvalue weighted by Gasteiger charge is -2.38. The molecule has 0 radical (unpaired) electrons. The Morgan fingerprint density at radius 1 is 1.23 bits per heavy atom. The van der Waals surface area contributed by atoms with Crippen molar-refractivity contribution < 1.29 is 9.59 Å². The Hall–Kier alpha value is -3.00. The Bertz CT molecular complexity index is 1130. The number of nitrogens with two attached hydrogens (primary N) is 1. The highest BCUT2D eigenvalue weighted by Crippen LogP contribution is 2.35. The molecule has 0 saturated carbocycles. The van der Waals surface area contributed by atoms with Crippen molar-refractivity contribution in [2.75, 3.05) is 17.6 Å². The van der Waals surface area contributed by atoms with Crippen LogP contribution < -0.4 is 11.1 Å². The van der Waals surface area contributed by atoms with E-state index >= 15 is 0 Å². The summed E-state index contributed by atoms with van der Waals surface area (Å²) in [5, 5.41) is 3.68. The summed E-state index contributed by atoms with van der Waals surface area (Å²) in [6.45, 7) is 6.44. The molecule has 0 bridgehead atoms. The molecular formula is C22H25N5O2S. The number of pyridine rings is 1. The van der Waals surface area contributed by atoms with E-state index in [-0.39, 0.29) is 6.04 Å². The molecule has 0 spiro atoms. The van der Waals surface area contributed by atoms with Gasteiger partial charge in [-0.1, -0.05) is 13.0 Å². The molecule has 1 aliphatic heterocycles. The maximum Gasteiger partial charge on any atom is 0.313 e. The number of carbonyl (C=O) groups excluding carboxylic acids is 2. The summed E-state index contributed by atoms with van der Waals surface area (Å²) >= 11 is 1.65. The number of piperidine rings is 1. The SMILES string of the molecule is Cc1nc2cc([C@H]3CC[C@H](C)CN3C(=O)C(=O)Nc3cnc(N)c(C)c3)ccc2s1. The number of amides is 2. The quantitative estimate of drug-likeness (QED) is 0.610. The lowest BCUT2D eigenvalue weighted by atomic mass is 9.89. The minimum Gasteiger partial charge on any atom is -0.383 e. The Kier molecular flexibility index (Phi) is 5.42. The van der Waals surface area contributed by atoms with Crippen LogP contribution in [-0.4, -0.2) is 33.2 Å². The second kappa shape index (κ2) is 8.02. The van der Waals surface area contributed by atoms with E-state index in [9.17, 15) is 9.59 Å². The predicted molar refractivity (Wildman–Crippen MR) is 119 cm³/mol. The van der Waals surface area contributed by atoms with Gasteiger partial charge in [0, 0.05) is 6.54 Å². The number of carbonyl (C=O) groups is 2. The van der Waals surface area contributed by atoms with E-state index in [1.54, 1.807) is 29.2 Å². The third kappa shape index (κ3) is 4.00. The molecular weight excluding hydrogens is 398 g/mol. The van der Waals surface area contributed by atoms with E-state index in [2.05, 4.69) is 28.3 Å². The molecule has 2 aromatic heterocycles. The van der Waals surface area contributed by atoms with Gasteiger partial charge in [-0.25, -0.2) is 9.97 Å². The topological polar surface area (TPSA) is 101 Å². The summed E-state index contributed by atoms with van der Waals surface area (Å²) in [5.74, 6) is -0.457. The molecule has 1 fully saturated rings. The Morgan fingerprint density at radius 2 is 2.03 bits per heavy atom. The van der Waals surface area contributed by atoms with Gasteiger partial charge in [-0.3, -0.25) is 9.59 Å². The smallest absolute Gasteiger partial charge is 0.313 e. The summed E-state index contributed by atoms with van der Waals surface area (Å²) in [7, 11) is 0. The van der Waals surface area contributed by atoms with Crippen LogP contribution in [0.2, 0.25) is 0 Å². The number of hydrogen-bond acceptors (Lipinski definition) is 6. The lowest BCUT2D eigenvalue weighted by Crippen LogP contribution is -2.46. The number of anilines is 2. The molecule has 0 aliphatic carbocycles. The number of hydrogen-bond donors (Lipinski definition) is 2.